The smallest absolute Gasteiger partial charge is 0.329 e. The average Bonchev–Trinajstić information content (AvgIpc) is 3.28. The van der Waals surface area contributed by atoms with E-state index in [-0.39, 0.29) is 35.1 Å². The molecule has 1 aliphatic heterocycles. The maximum Gasteiger partial charge on any atom is 0.329 e. The van der Waals surface area contributed by atoms with Crippen LogP contribution in [0.15, 0.2) is 53.6 Å². The van der Waals surface area contributed by atoms with E-state index in [2.05, 4.69) is 4.98 Å². The summed E-state index contributed by atoms with van der Waals surface area (Å²) in [6.45, 7) is 1.15. The Labute approximate surface area is 227 Å². The maximum absolute atomic E-state index is 15.2. The van der Waals surface area contributed by atoms with E-state index >= 15 is 8.78 Å². The van der Waals surface area contributed by atoms with Gasteiger partial charge in [0.25, 0.3) is 16.5 Å². The second kappa shape index (κ2) is 10.8. The van der Waals surface area contributed by atoms with Gasteiger partial charge in [0, 0.05) is 36.0 Å². The van der Waals surface area contributed by atoms with Gasteiger partial charge in [-0.1, -0.05) is 18.2 Å². The van der Waals surface area contributed by atoms with Crippen LogP contribution in [0.3, 0.4) is 0 Å². The van der Waals surface area contributed by atoms with Crippen LogP contribution in [-0.4, -0.2) is 56.3 Å². The van der Waals surface area contributed by atoms with Gasteiger partial charge in [-0.3, -0.25) is 14.6 Å². The Kier molecular flexibility index (Phi) is 7.64. The second-order valence-corrected chi connectivity index (χ2v) is 10.3. The third-order valence-corrected chi connectivity index (χ3v) is 8.10. The number of methoxy groups -OCH3 is 2. The highest BCUT2D eigenvalue weighted by atomic mass is 32.2. The fourth-order valence-corrected chi connectivity index (χ4v) is 6.11. The van der Waals surface area contributed by atoms with Gasteiger partial charge in [0.1, 0.15) is 5.69 Å². The van der Waals surface area contributed by atoms with Crippen LogP contribution in [0.25, 0.3) is 11.0 Å². The Morgan fingerprint density at radius 2 is 1.60 bits per heavy atom. The number of benzene rings is 2. The highest BCUT2D eigenvalue weighted by molar-refractivity contribution is 7.90. The summed E-state index contributed by atoms with van der Waals surface area (Å²) in [6, 6.07) is 9.87. The number of nitrogens with zero attached hydrogens (tertiary/aromatic N) is 4. The molecule has 14 heteroatoms. The lowest BCUT2D eigenvalue weighted by Crippen LogP contribution is -2.46. The Hall–Kier alpha value is -4.72. The molecule has 40 heavy (non-hydrogen) atoms. The number of anilines is 2. The zero-order chi connectivity index (χ0) is 29.4. The van der Waals surface area contributed by atoms with Gasteiger partial charge in [-0.05, 0) is 25.1 Å². The molecule has 2 aromatic carbocycles. The minimum absolute atomic E-state index is 0.0867. The van der Waals surface area contributed by atoms with Gasteiger partial charge < -0.3 is 14.6 Å². The zero-order valence-corrected chi connectivity index (χ0v) is 22.6. The van der Waals surface area contributed by atoms with E-state index in [1.54, 1.807) is 31.2 Å². The van der Waals surface area contributed by atoms with Crippen molar-refractivity contribution in [1.29, 1.82) is 0 Å². The number of rotatable bonds is 5. The van der Waals surface area contributed by atoms with Gasteiger partial charge in [-0.2, -0.15) is 0 Å². The number of carbonyl (C=O) groups is 2. The molecule has 0 atom stereocenters. The zero-order valence-electron chi connectivity index (χ0n) is 21.8. The van der Waals surface area contributed by atoms with E-state index in [0.717, 1.165) is 14.9 Å². The van der Waals surface area contributed by atoms with Crippen LogP contribution in [0.4, 0.5) is 25.0 Å². The van der Waals surface area contributed by atoms with Gasteiger partial charge in [0.15, 0.2) is 28.8 Å². The molecule has 5 rings (SSSR count). The molecule has 0 radical (unpaired) electrons. The Balaban J connectivity index is 0.00000118. The quantitative estimate of drug-likeness (QED) is 0.352. The van der Waals surface area contributed by atoms with Crippen LogP contribution in [0.1, 0.15) is 11.3 Å². The summed E-state index contributed by atoms with van der Waals surface area (Å²) in [5.41, 5.74) is 0.752. The van der Waals surface area contributed by atoms with Crippen LogP contribution in [0, 0.1) is 18.6 Å². The lowest BCUT2D eigenvalue weighted by Gasteiger charge is -2.35. The summed E-state index contributed by atoms with van der Waals surface area (Å²) in [6.07, 6.45) is 1.40. The molecule has 0 unspecified atom stereocenters. The number of carbonyl (C=O) groups excluding carboxylic acids is 1. The number of amides is 2. The van der Waals surface area contributed by atoms with Crippen LogP contribution < -0.4 is 19.3 Å². The number of aryl methyl sites for hydroxylation is 1. The van der Waals surface area contributed by atoms with Gasteiger partial charge >= 0.3 is 6.03 Å². The van der Waals surface area contributed by atoms with Crippen molar-refractivity contribution in [2.24, 2.45) is 0 Å². The van der Waals surface area contributed by atoms with Crippen molar-refractivity contribution in [3.63, 3.8) is 0 Å². The largest absolute Gasteiger partial charge is 0.493 e. The highest BCUT2D eigenvalue weighted by Crippen LogP contribution is 2.42. The molecule has 4 aromatic rings. The SMILES string of the molecule is COc1cc(OC)c(F)c(N2Cc3cnc4c(cc(C)n4S(=O)(=O)c4ccccc4)c3N(C)C2=O)c1F.O=CO. The molecule has 0 aliphatic carbocycles. The Bertz CT molecular complexity index is 1700. The molecular weight excluding hydrogens is 550 g/mol. The van der Waals surface area contributed by atoms with E-state index in [0.29, 0.717) is 22.3 Å². The summed E-state index contributed by atoms with van der Waals surface area (Å²) in [7, 11) is -0.0979. The fraction of sp³-hybridized carbons (Fsp3) is 0.192. The normalized spacial score (nSPS) is 13.0. The summed E-state index contributed by atoms with van der Waals surface area (Å²) >= 11 is 0. The van der Waals surface area contributed by atoms with Gasteiger partial charge in [0.05, 0.1) is 31.3 Å². The second-order valence-electron chi connectivity index (χ2n) is 8.53. The van der Waals surface area contributed by atoms with E-state index in [4.69, 9.17) is 19.4 Å². The number of ether oxygens (including phenoxy) is 2. The number of aromatic nitrogens is 2. The molecule has 0 saturated heterocycles. The summed E-state index contributed by atoms with van der Waals surface area (Å²) in [4.78, 5) is 28.4. The molecule has 0 spiro atoms. The first-order valence-corrected chi connectivity index (χ1v) is 13.0. The first kappa shape index (κ1) is 28.3. The number of hydrogen-bond donors (Lipinski definition) is 1. The summed E-state index contributed by atoms with van der Waals surface area (Å²) in [5.74, 6) is -2.70. The number of carboxylic acid groups (broad SMARTS) is 1. The lowest BCUT2D eigenvalue weighted by atomic mass is 10.1. The van der Waals surface area contributed by atoms with E-state index in [9.17, 15) is 13.2 Å². The topological polar surface area (TPSA) is 131 Å². The summed E-state index contributed by atoms with van der Waals surface area (Å²) in [5, 5.41) is 7.30. The fourth-order valence-electron chi connectivity index (χ4n) is 4.59. The Morgan fingerprint density at radius 1 is 1.02 bits per heavy atom. The molecule has 1 aliphatic rings. The van der Waals surface area contributed by atoms with Crippen LogP contribution >= 0.6 is 0 Å². The third-order valence-electron chi connectivity index (χ3n) is 6.29. The van der Waals surface area contributed by atoms with Crippen LogP contribution in [-0.2, 0) is 21.4 Å². The van der Waals surface area contributed by atoms with E-state index in [1.165, 1.54) is 44.5 Å². The molecule has 2 aromatic heterocycles. The first-order valence-electron chi connectivity index (χ1n) is 11.6. The molecule has 3 heterocycles. The average molecular weight is 575 g/mol. The lowest BCUT2D eigenvalue weighted by molar-refractivity contribution is -0.122. The van der Waals surface area contributed by atoms with Crippen molar-refractivity contribution in [2.45, 2.75) is 18.4 Å². The molecule has 11 nitrogen and oxygen atoms in total. The number of fused-ring (bicyclic) bond motifs is 3. The van der Waals surface area contributed by atoms with Crippen molar-refractivity contribution < 1.29 is 41.4 Å². The number of halogens is 2. The van der Waals surface area contributed by atoms with Crippen molar-refractivity contribution >= 4 is 44.9 Å². The first-order chi connectivity index (χ1) is 19.0. The molecule has 1 N–H and O–H groups in total. The summed E-state index contributed by atoms with van der Waals surface area (Å²) < 4.78 is 68.3. The molecule has 0 bridgehead atoms. The highest BCUT2D eigenvalue weighted by Gasteiger charge is 2.37. The van der Waals surface area contributed by atoms with E-state index in [1.807, 2.05) is 0 Å². The number of urea groups is 1. The van der Waals surface area contributed by atoms with Crippen molar-refractivity contribution in [1.82, 2.24) is 8.96 Å². The minimum atomic E-state index is -3.98. The molecule has 2 amide bonds. The van der Waals surface area contributed by atoms with Crippen molar-refractivity contribution in [3.8, 4) is 11.5 Å². The number of pyridine rings is 1. The predicted octanol–water partition coefficient (Wildman–Crippen LogP) is 4.15. The van der Waals surface area contributed by atoms with Crippen LogP contribution in [0.2, 0.25) is 0 Å². The molecule has 0 fully saturated rings. The molecular formula is C26H24F2N4O7S. The van der Waals surface area contributed by atoms with Gasteiger partial charge in [-0.15, -0.1) is 0 Å². The van der Waals surface area contributed by atoms with E-state index < -0.39 is 33.4 Å². The van der Waals surface area contributed by atoms with Crippen LogP contribution in [0.5, 0.6) is 11.5 Å². The monoisotopic (exact) mass is 574 g/mol. The standard InChI is InChI=1S/C25H22F2N4O5S.CH2O2/c1-14-10-17-22-15(12-28-24(17)31(14)37(33,34)16-8-6-5-7-9-16)13-30(25(32)29(22)2)23-20(26)18(35-3)11-19(36-4)21(23)27;2-1-3/h5-12H,13H2,1-4H3;1H,(H,2,3). The van der Waals surface area contributed by atoms with Crippen molar-refractivity contribution in [2.75, 3.05) is 31.1 Å². The van der Waals surface area contributed by atoms with Crippen molar-refractivity contribution in [3.05, 3.63) is 71.6 Å². The molecule has 0 saturated carbocycles. The maximum atomic E-state index is 15.2. The number of hydrogen-bond acceptors (Lipinski definition) is 7. The van der Waals surface area contributed by atoms with Gasteiger partial charge in [-0.25, -0.2) is 30.9 Å². The third kappa shape index (κ3) is 4.45. The predicted molar refractivity (Wildman–Crippen MR) is 142 cm³/mol. The molecule has 210 valence electrons. The Morgan fingerprint density at radius 3 is 2.15 bits per heavy atom. The minimum Gasteiger partial charge on any atom is -0.493 e. The van der Waals surface area contributed by atoms with Gasteiger partial charge in [0.2, 0.25) is 0 Å².